The van der Waals surface area contributed by atoms with E-state index >= 15 is 0 Å². The van der Waals surface area contributed by atoms with Gasteiger partial charge in [0.15, 0.2) is 0 Å². The minimum absolute atomic E-state index is 0.185. The molecule has 4 nitrogen and oxygen atoms in total. The summed E-state index contributed by atoms with van der Waals surface area (Å²) in [5.41, 5.74) is 0.621. The van der Waals surface area contributed by atoms with Crippen molar-refractivity contribution in [1.29, 1.82) is 0 Å². The summed E-state index contributed by atoms with van der Waals surface area (Å²) in [4.78, 5) is 16.2. The summed E-state index contributed by atoms with van der Waals surface area (Å²) in [6.07, 6.45) is 2.01. The number of carboxylic acids is 1. The molecule has 1 aromatic carbocycles. The fourth-order valence-corrected chi connectivity index (χ4v) is 1.99. The Morgan fingerprint density at radius 3 is 2.42 bits per heavy atom. The largest absolute Gasteiger partial charge is 0.478 e. The van der Waals surface area contributed by atoms with E-state index in [2.05, 4.69) is 4.98 Å². The van der Waals surface area contributed by atoms with Crippen LogP contribution in [0.3, 0.4) is 0 Å². The third kappa shape index (κ3) is 3.26. The van der Waals surface area contributed by atoms with Gasteiger partial charge in [0.2, 0.25) is 5.88 Å². The van der Waals surface area contributed by atoms with Crippen LogP contribution in [-0.2, 0) is 0 Å². The van der Waals surface area contributed by atoms with E-state index in [1.165, 1.54) is 6.07 Å². The predicted molar refractivity (Wildman–Crippen MR) is 74.2 cm³/mol. The number of carbonyl (C=O) groups is 1. The fourth-order valence-electron chi connectivity index (χ4n) is 1.59. The number of benzene rings is 1. The summed E-state index contributed by atoms with van der Waals surface area (Å²) in [6, 6.07) is 10.7. The number of hydrogen-bond acceptors (Lipinski definition) is 4. The lowest BCUT2D eigenvalue weighted by Crippen LogP contribution is -2.02. The topological polar surface area (TPSA) is 59.4 Å². The number of thioether (sulfide) groups is 1. The fraction of sp³-hybridized carbons (Fsp3) is 0.143. The zero-order valence-corrected chi connectivity index (χ0v) is 11.4. The number of hydrogen-bond donors (Lipinski definition) is 1. The maximum Gasteiger partial charge on any atom is 0.337 e. The Balaban J connectivity index is 2.18. The van der Waals surface area contributed by atoms with Crippen molar-refractivity contribution in [2.45, 2.75) is 11.8 Å². The minimum atomic E-state index is -0.985. The lowest BCUT2D eigenvalue weighted by Gasteiger charge is -2.07. The van der Waals surface area contributed by atoms with Crippen molar-refractivity contribution in [2.75, 3.05) is 6.26 Å². The molecule has 0 aliphatic rings. The maximum atomic E-state index is 10.9. The Kier molecular flexibility index (Phi) is 4.06. The van der Waals surface area contributed by atoms with Gasteiger partial charge in [-0.05, 0) is 43.5 Å². The second-order valence-electron chi connectivity index (χ2n) is 3.87. The highest BCUT2D eigenvalue weighted by Crippen LogP contribution is 2.23. The van der Waals surface area contributed by atoms with Gasteiger partial charge >= 0.3 is 5.97 Å². The Labute approximate surface area is 115 Å². The minimum Gasteiger partial charge on any atom is -0.478 e. The first-order valence-corrected chi connectivity index (χ1v) is 6.85. The quantitative estimate of drug-likeness (QED) is 0.864. The van der Waals surface area contributed by atoms with Crippen molar-refractivity contribution < 1.29 is 14.6 Å². The molecule has 0 aliphatic heterocycles. The van der Waals surface area contributed by atoms with Crippen LogP contribution < -0.4 is 4.74 Å². The number of aromatic nitrogens is 1. The van der Waals surface area contributed by atoms with Crippen LogP contribution >= 0.6 is 11.8 Å². The average molecular weight is 275 g/mol. The van der Waals surface area contributed by atoms with Gasteiger partial charge < -0.3 is 9.84 Å². The van der Waals surface area contributed by atoms with Crippen LogP contribution in [0.5, 0.6) is 11.6 Å². The third-order valence-electron chi connectivity index (χ3n) is 2.57. The second-order valence-corrected chi connectivity index (χ2v) is 4.74. The second kappa shape index (κ2) is 5.75. The summed E-state index contributed by atoms with van der Waals surface area (Å²) in [6.45, 7) is 1.65. The van der Waals surface area contributed by atoms with Crippen molar-refractivity contribution in [3.05, 3.63) is 47.7 Å². The van der Waals surface area contributed by atoms with Crippen molar-refractivity contribution in [1.82, 2.24) is 4.98 Å². The van der Waals surface area contributed by atoms with Gasteiger partial charge in [-0.15, -0.1) is 11.8 Å². The van der Waals surface area contributed by atoms with Crippen LogP contribution in [0.25, 0.3) is 0 Å². The number of nitrogens with zero attached hydrogens (tertiary/aromatic N) is 1. The molecule has 0 spiro atoms. The van der Waals surface area contributed by atoms with Crippen LogP contribution in [0.1, 0.15) is 16.1 Å². The molecule has 0 radical (unpaired) electrons. The molecule has 0 amide bonds. The highest BCUT2D eigenvalue weighted by Gasteiger charge is 2.09. The van der Waals surface area contributed by atoms with Crippen molar-refractivity contribution in [3.8, 4) is 11.6 Å². The normalized spacial score (nSPS) is 10.2. The van der Waals surface area contributed by atoms with E-state index < -0.39 is 5.97 Å². The summed E-state index contributed by atoms with van der Waals surface area (Å²) in [5, 5.41) is 8.92. The van der Waals surface area contributed by atoms with Crippen molar-refractivity contribution in [3.63, 3.8) is 0 Å². The Morgan fingerprint density at radius 2 is 1.89 bits per heavy atom. The zero-order valence-electron chi connectivity index (χ0n) is 10.6. The standard InChI is InChI=1S/C14H13NO3S/c1-9-12(14(16)17)7-8-13(15-9)18-10-3-5-11(19-2)6-4-10/h3-8H,1-2H3,(H,16,17). The molecule has 0 bridgehead atoms. The van der Waals surface area contributed by atoms with Gasteiger partial charge in [-0.1, -0.05) is 0 Å². The Morgan fingerprint density at radius 1 is 1.21 bits per heavy atom. The molecular formula is C14H13NO3S. The molecule has 5 heteroatoms. The summed E-state index contributed by atoms with van der Waals surface area (Å²) in [7, 11) is 0. The molecule has 0 aliphatic carbocycles. The third-order valence-corrected chi connectivity index (χ3v) is 3.32. The van der Waals surface area contributed by atoms with Gasteiger partial charge in [0.25, 0.3) is 0 Å². The Bertz CT molecular complexity index is 596. The highest BCUT2D eigenvalue weighted by atomic mass is 32.2. The molecule has 2 rings (SSSR count). The van der Waals surface area contributed by atoms with Crippen LogP contribution in [0.2, 0.25) is 0 Å². The molecule has 1 aromatic heterocycles. The van der Waals surface area contributed by atoms with Crippen molar-refractivity contribution >= 4 is 17.7 Å². The van der Waals surface area contributed by atoms with Gasteiger partial charge in [-0.3, -0.25) is 0 Å². The van der Waals surface area contributed by atoms with E-state index in [9.17, 15) is 4.79 Å². The number of aromatic carboxylic acids is 1. The van der Waals surface area contributed by atoms with E-state index in [0.29, 0.717) is 17.3 Å². The van der Waals surface area contributed by atoms with Gasteiger partial charge in [0, 0.05) is 11.0 Å². The average Bonchev–Trinajstić information content (AvgIpc) is 2.39. The first kappa shape index (κ1) is 13.4. The van der Waals surface area contributed by atoms with Crippen LogP contribution in [0.15, 0.2) is 41.3 Å². The summed E-state index contributed by atoms with van der Waals surface area (Å²) >= 11 is 1.65. The lowest BCUT2D eigenvalue weighted by atomic mass is 10.2. The van der Waals surface area contributed by atoms with Gasteiger partial charge in [0.1, 0.15) is 5.75 Å². The SMILES string of the molecule is CSc1ccc(Oc2ccc(C(=O)O)c(C)n2)cc1. The number of carboxylic acid groups (broad SMARTS) is 1. The summed E-state index contributed by atoms with van der Waals surface area (Å²) in [5.74, 6) is 0.0769. The van der Waals surface area contributed by atoms with Gasteiger partial charge in [-0.25, -0.2) is 9.78 Å². The van der Waals surface area contributed by atoms with E-state index in [-0.39, 0.29) is 5.56 Å². The zero-order chi connectivity index (χ0) is 13.8. The van der Waals surface area contributed by atoms with E-state index in [1.54, 1.807) is 24.8 Å². The molecule has 19 heavy (non-hydrogen) atoms. The number of ether oxygens (including phenoxy) is 1. The van der Waals surface area contributed by atoms with Gasteiger partial charge in [0.05, 0.1) is 11.3 Å². The lowest BCUT2D eigenvalue weighted by molar-refractivity contribution is 0.0695. The molecule has 0 saturated heterocycles. The van der Waals surface area contributed by atoms with E-state index in [4.69, 9.17) is 9.84 Å². The van der Waals surface area contributed by atoms with Crippen molar-refractivity contribution in [2.24, 2.45) is 0 Å². The first-order chi connectivity index (χ1) is 9.10. The summed E-state index contributed by atoms with van der Waals surface area (Å²) < 4.78 is 5.58. The molecule has 0 atom stereocenters. The molecule has 98 valence electrons. The molecular weight excluding hydrogens is 262 g/mol. The molecule has 2 aromatic rings. The van der Waals surface area contributed by atoms with E-state index in [0.717, 1.165) is 4.90 Å². The number of aryl methyl sites for hydroxylation is 1. The molecule has 1 N–H and O–H groups in total. The maximum absolute atomic E-state index is 10.9. The molecule has 1 heterocycles. The monoisotopic (exact) mass is 275 g/mol. The number of rotatable bonds is 4. The van der Waals surface area contributed by atoms with Crippen LogP contribution in [0, 0.1) is 6.92 Å². The van der Waals surface area contributed by atoms with Crippen LogP contribution in [0.4, 0.5) is 0 Å². The van der Waals surface area contributed by atoms with Gasteiger partial charge in [-0.2, -0.15) is 0 Å². The highest BCUT2D eigenvalue weighted by molar-refractivity contribution is 7.98. The molecule has 0 unspecified atom stereocenters. The molecule has 0 saturated carbocycles. The Hall–Kier alpha value is -2.01. The molecule has 0 fully saturated rings. The smallest absolute Gasteiger partial charge is 0.337 e. The van der Waals surface area contributed by atoms with E-state index in [1.807, 2.05) is 30.5 Å². The van der Waals surface area contributed by atoms with Crippen LogP contribution in [-0.4, -0.2) is 22.3 Å². The number of pyridine rings is 1. The predicted octanol–water partition coefficient (Wildman–Crippen LogP) is 3.60. The first-order valence-electron chi connectivity index (χ1n) is 5.63.